The van der Waals surface area contributed by atoms with Crippen LogP contribution < -0.4 is 10.2 Å². The maximum atomic E-state index is 12.6. The molecule has 2 aromatic rings. The fourth-order valence-electron chi connectivity index (χ4n) is 3.43. The van der Waals surface area contributed by atoms with Crippen molar-refractivity contribution in [1.29, 1.82) is 0 Å². The van der Waals surface area contributed by atoms with Gasteiger partial charge in [0.2, 0.25) is 5.91 Å². The number of rotatable bonds is 4. The number of piperidine rings is 1. The molecule has 0 unspecified atom stereocenters. The average Bonchev–Trinajstić information content (AvgIpc) is 2.62. The second kappa shape index (κ2) is 7.56. The molecular formula is C20H23N3O3. The van der Waals surface area contributed by atoms with E-state index in [1.165, 1.54) is 11.8 Å². The van der Waals surface area contributed by atoms with Crippen molar-refractivity contribution >= 4 is 23.3 Å². The molecule has 6 nitrogen and oxygen atoms in total. The SMILES string of the molecule is Cc1cc(NC(=O)C2CCN(c3ccncc3C)CC2)ccc1C(=O)O. The first-order valence-corrected chi connectivity index (χ1v) is 8.76. The number of nitrogens with one attached hydrogen (secondary N) is 1. The molecule has 26 heavy (non-hydrogen) atoms. The molecule has 6 heteroatoms. The van der Waals surface area contributed by atoms with Crippen LogP contribution in [-0.2, 0) is 4.79 Å². The van der Waals surface area contributed by atoms with E-state index in [9.17, 15) is 9.59 Å². The van der Waals surface area contributed by atoms with Gasteiger partial charge in [-0.25, -0.2) is 4.79 Å². The minimum atomic E-state index is -0.959. The molecule has 0 atom stereocenters. The summed E-state index contributed by atoms with van der Waals surface area (Å²) >= 11 is 0. The van der Waals surface area contributed by atoms with Gasteiger partial charge in [0.05, 0.1) is 5.56 Å². The minimum absolute atomic E-state index is 0.00132. The second-order valence-electron chi connectivity index (χ2n) is 6.75. The van der Waals surface area contributed by atoms with Crippen LogP contribution in [0.15, 0.2) is 36.7 Å². The first-order valence-electron chi connectivity index (χ1n) is 8.76. The van der Waals surface area contributed by atoms with Gasteiger partial charge in [-0.15, -0.1) is 0 Å². The highest BCUT2D eigenvalue weighted by atomic mass is 16.4. The molecule has 1 amide bonds. The highest BCUT2D eigenvalue weighted by Crippen LogP contribution is 2.26. The standard InChI is InChI=1S/C20H23N3O3/c1-13-11-16(3-4-17(13)20(25)26)22-19(24)15-6-9-23(10-7-15)18-5-8-21-12-14(18)2/h3-5,8,11-12,15H,6-7,9-10H2,1-2H3,(H,22,24)(H,25,26). The molecule has 2 N–H and O–H groups in total. The second-order valence-corrected chi connectivity index (χ2v) is 6.75. The first-order chi connectivity index (χ1) is 12.5. The van der Waals surface area contributed by atoms with Gasteiger partial charge >= 0.3 is 5.97 Å². The van der Waals surface area contributed by atoms with E-state index in [-0.39, 0.29) is 17.4 Å². The number of aryl methyl sites for hydroxylation is 2. The summed E-state index contributed by atoms with van der Waals surface area (Å²) < 4.78 is 0. The minimum Gasteiger partial charge on any atom is -0.478 e. The van der Waals surface area contributed by atoms with E-state index in [1.54, 1.807) is 25.3 Å². The predicted octanol–water partition coefficient (Wildman–Crippen LogP) is 3.25. The number of carboxylic acids is 1. The maximum absolute atomic E-state index is 12.6. The number of hydrogen-bond donors (Lipinski definition) is 2. The molecule has 2 heterocycles. The van der Waals surface area contributed by atoms with E-state index in [0.29, 0.717) is 11.3 Å². The highest BCUT2D eigenvalue weighted by Gasteiger charge is 2.26. The lowest BCUT2D eigenvalue weighted by atomic mass is 9.95. The quantitative estimate of drug-likeness (QED) is 0.882. The van der Waals surface area contributed by atoms with Gasteiger partial charge in [-0.2, -0.15) is 0 Å². The number of pyridine rings is 1. The van der Waals surface area contributed by atoms with Gasteiger partial charge in [0.25, 0.3) is 0 Å². The Labute approximate surface area is 152 Å². The largest absolute Gasteiger partial charge is 0.478 e. The summed E-state index contributed by atoms with van der Waals surface area (Å²) in [4.78, 5) is 30.1. The van der Waals surface area contributed by atoms with Crippen molar-refractivity contribution in [3.63, 3.8) is 0 Å². The fourth-order valence-corrected chi connectivity index (χ4v) is 3.43. The molecule has 1 aromatic carbocycles. The molecule has 0 saturated carbocycles. The van der Waals surface area contributed by atoms with Crippen molar-refractivity contribution in [1.82, 2.24) is 4.98 Å². The summed E-state index contributed by atoms with van der Waals surface area (Å²) in [6.07, 6.45) is 5.24. The first kappa shape index (κ1) is 17.9. The van der Waals surface area contributed by atoms with Crippen LogP contribution in [0, 0.1) is 19.8 Å². The molecule has 136 valence electrons. The van der Waals surface area contributed by atoms with E-state index in [1.807, 2.05) is 19.2 Å². The molecule has 1 aliphatic heterocycles. The van der Waals surface area contributed by atoms with Crippen LogP contribution in [0.2, 0.25) is 0 Å². The summed E-state index contributed by atoms with van der Waals surface area (Å²) in [7, 11) is 0. The Morgan fingerprint density at radius 3 is 2.50 bits per heavy atom. The smallest absolute Gasteiger partial charge is 0.335 e. The van der Waals surface area contributed by atoms with Crippen LogP contribution in [0.1, 0.15) is 34.3 Å². The Balaban J connectivity index is 1.60. The zero-order valence-corrected chi connectivity index (χ0v) is 15.0. The lowest BCUT2D eigenvalue weighted by molar-refractivity contribution is -0.120. The van der Waals surface area contributed by atoms with E-state index in [2.05, 4.69) is 15.2 Å². The summed E-state index contributed by atoms with van der Waals surface area (Å²) in [5.41, 5.74) is 3.86. The van der Waals surface area contributed by atoms with Crippen molar-refractivity contribution < 1.29 is 14.7 Å². The van der Waals surface area contributed by atoms with Crippen molar-refractivity contribution in [2.24, 2.45) is 5.92 Å². The lowest BCUT2D eigenvalue weighted by Gasteiger charge is -2.33. The fraction of sp³-hybridized carbons (Fsp3) is 0.350. The highest BCUT2D eigenvalue weighted by molar-refractivity contribution is 5.94. The summed E-state index contributed by atoms with van der Waals surface area (Å²) in [5, 5.41) is 12.0. The zero-order chi connectivity index (χ0) is 18.7. The van der Waals surface area contributed by atoms with Crippen molar-refractivity contribution in [2.45, 2.75) is 26.7 Å². The predicted molar refractivity (Wildman–Crippen MR) is 101 cm³/mol. The van der Waals surface area contributed by atoms with Gasteiger partial charge in [0, 0.05) is 42.8 Å². The van der Waals surface area contributed by atoms with Crippen LogP contribution in [0.5, 0.6) is 0 Å². The number of carboxylic acid groups (broad SMARTS) is 1. The third-order valence-electron chi connectivity index (χ3n) is 4.92. The van der Waals surface area contributed by atoms with Crippen molar-refractivity contribution in [2.75, 3.05) is 23.3 Å². The van der Waals surface area contributed by atoms with Crippen LogP contribution in [-0.4, -0.2) is 35.1 Å². The van der Waals surface area contributed by atoms with Crippen LogP contribution in [0.3, 0.4) is 0 Å². The Morgan fingerprint density at radius 2 is 1.88 bits per heavy atom. The van der Waals surface area contributed by atoms with Gasteiger partial charge in [0.1, 0.15) is 0 Å². The van der Waals surface area contributed by atoms with E-state index >= 15 is 0 Å². The third-order valence-corrected chi connectivity index (χ3v) is 4.92. The molecule has 1 saturated heterocycles. The van der Waals surface area contributed by atoms with Gasteiger partial charge in [0.15, 0.2) is 0 Å². The van der Waals surface area contributed by atoms with Crippen molar-refractivity contribution in [3.8, 4) is 0 Å². The van der Waals surface area contributed by atoms with Gasteiger partial charge in [-0.1, -0.05) is 0 Å². The number of anilines is 2. The number of amides is 1. The molecule has 0 radical (unpaired) electrons. The topological polar surface area (TPSA) is 82.5 Å². The maximum Gasteiger partial charge on any atom is 0.335 e. The Bertz CT molecular complexity index is 827. The number of aromatic nitrogens is 1. The molecule has 1 aliphatic rings. The monoisotopic (exact) mass is 353 g/mol. The summed E-state index contributed by atoms with van der Waals surface area (Å²) in [5.74, 6) is -0.995. The van der Waals surface area contributed by atoms with Gasteiger partial charge in [-0.3, -0.25) is 9.78 Å². The summed E-state index contributed by atoms with van der Waals surface area (Å²) in [6.45, 7) is 5.44. The van der Waals surface area contributed by atoms with E-state index in [4.69, 9.17) is 5.11 Å². The molecule has 0 spiro atoms. The number of benzene rings is 1. The molecule has 3 rings (SSSR count). The number of hydrogen-bond acceptors (Lipinski definition) is 4. The number of carbonyl (C=O) groups excluding carboxylic acids is 1. The summed E-state index contributed by atoms with van der Waals surface area (Å²) in [6, 6.07) is 6.89. The molecular weight excluding hydrogens is 330 g/mol. The van der Waals surface area contributed by atoms with Crippen LogP contribution in [0.4, 0.5) is 11.4 Å². The number of nitrogens with zero attached hydrogens (tertiary/aromatic N) is 2. The van der Waals surface area contributed by atoms with E-state index in [0.717, 1.165) is 31.5 Å². The third kappa shape index (κ3) is 3.85. The molecule has 0 aliphatic carbocycles. The molecule has 0 bridgehead atoms. The zero-order valence-electron chi connectivity index (χ0n) is 15.0. The van der Waals surface area contributed by atoms with Crippen molar-refractivity contribution in [3.05, 3.63) is 53.3 Å². The van der Waals surface area contributed by atoms with E-state index < -0.39 is 5.97 Å². The molecule has 1 aromatic heterocycles. The Kier molecular flexibility index (Phi) is 5.21. The Morgan fingerprint density at radius 1 is 1.15 bits per heavy atom. The average molecular weight is 353 g/mol. The van der Waals surface area contributed by atoms with Gasteiger partial charge in [-0.05, 0) is 62.1 Å². The number of aromatic carboxylic acids is 1. The lowest BCUT2D eigenvalue weighted by Crippen LogP contribution is -2.38. The number of carbonyl (C=O) groups is 2. The Hall–Kier alpha value is -2.89. The normalized spacial score (nSPS) is 14.9. The van der Waals surface area contributed by atoms with Gasteiger partial charge < -0.3 is 15.3 Å². The van der Waals surface area contributed by atoms with Crippen LogP contribution >= 0.6 is 0 Å². The van der Waals surface area contributed by atoms with Crippen LogP contribution in [0.25, 0.3) is 0 Å². The molecule has 1 fully saturated rings.